The number of pyridine rings is 1. The minimum absolute atomic E-state index is 0.0333. The maximum absolute atomic E-state index is 12.3. The molecule has 0 saturated heterocycles. The monoisotopic (exact) mass is 343 g/mol. The number of aromatic hydroxyl groups is 1. The average Bonchev–Trinajstić information content (AvgIpc) is 2.32. The number of ether oxygens (including phenoxy) is 2. The van der Waals surface area contributed by atoms with Crippen molar-refractivity contribution in [2.45, 2.75) is 18.1 Å². The van der Waals surface area contributed by atoms with Gasteiger partial charge in [-0.3, -0.25) is 9.78 Å². The molecule has 1 heterocycles. The maximum atomic E-state index is 12.3. The molecule has 1 rings (SSSR count). The van der Waals surface area contributed by atoms with Crippen LogP contribution in [-0.2, 0) is 21.3 Å². The first kappa shape index (κ1) is 15.5. The van der Waals surface area contributed by atoms with Crippen molar-refractivity contribution in [1.29, 1.82) is 0 Å². The first-order valence-corrected chi connectivity index (χ1v) is 5.99. The second-order valence-corrected chi connectivity index (χ2v) is 3.90. The highest BCUT2D eigenvalue weighted by Crippen LogP contribution is 2.37. The zero-order chi connectivity index (χ0) is 14.6. The zero-order valence-electron chi connectivity index (χ0n) is 9.62. The van der Waals surface area contributed by atoms with Gasteiger partial charge in [0.25, 0.3) is 0 Å². The summed E-state index contributed by atoms with van der Waals surface area (Å²) in [5.74, 6) is -2.39. The molecule has 0 atom stereocenters. The van der Waals surface area contributed by atoms with E-state index in [1.165, 1.54) is 0 Å². The molecule has 1 aromatic heterocycles. The van der Waals surface area contributed by atoms with E-state index in [0.29, 0.717) is 0 Å². The van der Waals surface area contributed by atoms with Crippen molar-refractivity contribution in [1.82, 2.24) is 4.98 Å². The van der Waals surface area contributed by atoms with Crippen LogP contribution in [0.2, 0.25) is 0 Å². The summed E-state index contributed by atoms with van der Waals surface area (Å²) in [4.78, 5) is 14.8. The van der Waals surface area contributed by atoms with Crippen molar-refractivity contribution < 1.29 is 32.5 Å². The number of nitrogens with zero attached hydrogens (tertiary/aromatic N) is 1. The molecule has 0 aliphatic rings. The van der Waals surface area contributed by atoms with Crippen LogP contribution < -0.4 is 4.74 Å². The van der Waals surface area contributed by atoms with Gasteiger partial charge in [-0.2, -0.15) is 0 Å². The van der Waals surface area contributed by atoms with Gasteiger partial charge in [0.05, 0.1) is 19.2 Å². The fourth-order valence-electron chi connectivity index (χ4n) is 1.24. The van der Waals surface area contributed by atoms with Crippen molar-refractivity contribution in [2.75, 3.05) is 7.11 Å². The lowest BCUT2D eigenvalue weighted by Gasteiger charge is -2.15. The van der Waals surface area contributed by atoms with Gasteiger partial charge in [-0.05, 0) is 0 Å². The largest absolute Gasteiger partial charge is 0.573 e. The van der Waals surface area contributed by atoms with Gasteiger partial charge in [0, 0.05) is 17.1 Å². The standard InChI is InChI=1S/C10H9BrF3NO4/c1-18-7(16)2-5-4-15-6(3-11)8(17)9(5)19-10(12,13)14/h4,17H,2-3H2,1H3. The number of rotatable bonds is 4. The Balaban J connectivity index is 3.22. The summed E-state index contributed by atoms with van der Waals surface area (Å²) in [6.45, 7) is 0. The summed E-state index contributed by atoms with van der Waals surface area (Å²) in [7, 11) is 1.09. The molecular formula is C10H9BrF3NO4. The Labute approximate surface area is 114 Å². The molecule has 0 aromatic carbocycles. The summed E-state index contributed by atoms with van der Waals surface area (Å²) in [6, 6.07) is 0. The molecule has 0 bridgehead atoms. The van der Waals surface area contributed by atoms with E-state index in [0.717, 1.165) is 13.3 Å². The number of aromatic nitrogens is 1. The van der Waals surface area contributed by atoms with E-state index in [9.17, 15) is 23.1 Å². The molecule has 0 fully saturated rings. The molecule has 0 unspecified atom stereocenters. The van der Waals surface area contributed by atoms with Crippen LogP contribution in [0.1, 0.15) is 11.3 Å². The Hall–Kier alpha value is -1.51. The molecule has 0 aliphatic heterocycles. The molecule has 1 N–H and O–H groups in total. The van der Waals surface area contributed by atoms with Crippen molar-refractivity contribution in [3.63, 3.8) is 0 Å². The normalized spacial score (nSPS) is 11.2. The molecule has 0 amide bonds. The highest BCUT2D eigenvalue weighted by molar-refractivity contribution is 9.08. The predicted octanol–water partition coefficient (Wildman–Crippen LogP) is 2.30. The number of hydrogen-bond donors (Lipinski definition) is 1. The van der Waals surface area contributed by atoms with Crippen LogP contribution in [0, 0.1) is 0 Å². The van der Waals surface area contributed by atoms with Crippen LogP contribution in [0.5, 0.6) is 11.5 Å². The molecule has 0 radical (unpaired) electrons. The van der Waals surface area contributed by atoms with Crippen LogP contribution in [-0.4, -0.2) is 29.5 Å². The van der Waals surface area contributed by atoms with E-state index < -0.39 is 30.3 Å². The second-order valence-electron chi connectivity index (χ2n) is 3.34. The van der Waals surface area contributed by atoms with Crippen molar-refractivity contribution in [3.8, 4) is 11.5 Å². The molecule has 0 aliphatic carbocycles. The Morgan fingerprint density at radius 3 is 2.63 bits per heavy atom. The zero-order valence-corrected chi connectivity index (χ0v) is 11.2. The van der Waals surface area contributed by atoms with Crippen LogP contribution in [0.25, 0.3) is 0 Å². The van der Waals surface area contributed by atoms with Crippen molar-refractivity contribution in [2.24, 2.45) is 0 Å². The Bertz CT molecular complexity index is 479. The number of alkyl halides is 4. The lowest BCUT2D eigenvalue weighted by atomic mass is 10.1. The smallest absolute Gasteiger partial charge is 0.503 e. The molecule has 9 heteroatoms. The summed E-state index contributed by atoms with van der Waals surface area (Å²) in [6.07, 6.45) is -4.47. The van der Waals surface area contributed by atoms with Gasteiger partial charge >= 0.3 is 12.3 Å². The number of carbonyl (C=O) groups excluding carboxylic acids is 1. The van der Waals surface area contributed by atoms with E-state index >= 15 is 0 Å². The van der Waals surface area contributed by atoms with Gasteiger partial charge < -0.3 is 14.6 Å². The number of hydrogen-bond acceptors (Lipinski definition) is 5. The average molecular weight is 344 g/mol. The maximum Gasteiger partial charge on any atom is 0.573 e. The summed E-state index contributed by atoms with van der Waals surface area (Å²) in [5, 5.41) is 9.68. The molecule has 19 heavy (non-hydrogen) atoms. The third-order valence-corrected chi connectivity index (χ3v) is 2.59. The third-order valence-electron chi connectivity index (χ3n) is 2.06. The summed E-state index contributed by atoms with van der Waals surface area (Å²) < 4.78 is 44.9. The van der Waals surface area contributed by atoms with Gasteiger partial charge in [-0.1, -0.05) is 15.9 Å². The quantitative estimate of drug-likeness (QED) is 0.671. The van der Waals surface area contributed by atoms with Crippen LogP contribution >= 0.6 is 15.9 Å². The predicted molar refractivity (Wildman–Crippen MR) is 60.9 cm³/mol. The lowest BCUT2D eigenvalue weighted by Crippen LogP contribution is -2.19. The fraction of sp³-hybridized carbons (Fsp3) is 0.400. The highest BCUT2D eigenvalue weighted by atomic mass is 79.9. The van der Waals surface area contributed by atoms with E-state index in [4.69, 9.17) is 0 Å². The van der Waals surface area contributed by atoms with Gasteiger partial charge in [0.15, 0.2) is 11.5 Å². The van der Waals surface area contributed by atoms with Crippen molar-refractivity contribution >= 4 is 21.9 Å². The number of carbonyl (C=O) groups is 1. The van der Waals surface area contributed by atoms with Gasteiger partial charge in [0.2, 0.25) is 0 Å². The van der Waals surface area contributed by atoms with Gasteiger partial charge in [-0.15, -0.1) is 13.2 Å². The van der Waals surface area contributed by atoms with Gasteiger partial charge in [0.1, 0.15) is 0 Å². The third kappa shape index (κ3) is 4.27. The topological polar surface area (TPSA) is 68.7 Å². The van der Waals surface area contributed by atoms with Crippen LogP contribution in [0.4, 0.5) is 13.2 Å². The number of halogens is 4. The SMILES string of the molecule is COC(=O)Cc1cnc(CBr)c(O)c1OC(F)(F)F. The highest BCUT2D eigenvalue weighted by Gasteiger charge is 2.34. The second kappa shape index (κ2) is 6.09. The minimum atomic E-state index is -4.99. The fourth-order valence-corrected chi connectivity index (χ4v) is 1.65. The van der Waals surface area contributed by atoms with E-state index in [1.54, 1.807) is 0 Å². The molecule has 0 saturated carbocycles. The number of methoxy groups -OCH3 is 1. The Morgan fingerprint density at radius 2 is 2.16 bits per heavy atom. The minimum Gasteiger partial charge on any atom is -0.503 e. The summed E-state index contributed by atoms with van der Waals surface area (Å²) in [5.41, 5.74) is -0.251. The van der Waals surface area contributed by atoms with Crippen LogP contribution in [0.15, 0.2) is 6.20 Å². The first-order valence-electron chi connectivity index (χ1n) is 4.86. The molecular weight excluding hydrogens is 335 g/mol. The first-order chi connectivity index (χ1) is 8.78. The number of esters is 1. The molecule has 106 valence electrons. The van der Waals surface area contributed by atoms with E-state index in [2.05, 4.69) is 30.4 Å². The molecule has 5 nitrogen and oxygen atoms in total. The van der Waals surface area contributed by atoms with E-state index in [-0.39, 0.29) is 16.6 Å². The Morgan fingerprint density at radius 1 is 1.53 bits per heavy atom. The molecule has 0 spiro atoms. The van der Waals surface area contributed by atoms with Crippen molar-refractivity contribution in [3.05, 3.63) is 17.5 Å². The van der Waals surface area contributed by atoms with Gasteiger partial charge in [-0.25, -0.2) is 0 Å². The lowest BCUT2D eigenvalue weighted by molar-refractivity contribution is -0.275. The Kier molecular flexibility index (Phi) is 4.98. The summed E-state index contributed by atoms with van der Waals surface area (Å²) >= 11 is 2.96. The van der Waals surface area contributed by atoms with Crippen LogP contribution in [0.3, 0.4) is 0 Å². The molecule has 1 aromatic rings. The van der Waals surface area contributed by atoms with E-state index in [1.807, 2.05) is 0 Å².